The van der Waals surface area contributed by atoms with Crippen LogP contribution in [0.25, 0.3) is 5.65 Å². The lowest BCUT2D eigenvalue weighted by Crippen LogP contribution is -1.91. The van der Waals surface area contributed by atoms with Crippen LogP contribution in [0.15, 0.2) is 12.3 Å². The fourth-order valence-electron chi connectivity index (χ4n) is 1.27. The highest BCUT2D eigenvalue weighted by molar-refractivity contribution is 6.34. The number of fused-ring (bicyclic) bond motifs is 1. The number of halogens is 1. The SMILES string of the molecule is Cc1ccn2nc(C(C)C)nc2c1Cl. The summed E-state index contributed by atoms with van der Waals surface area (Å²) >= 11 is 6.12. The van der Waals surface area contributed by atoms with Crippen molar-refractivity contribution >= 4 is 17.2 Å². The van der Waals surface area contributed by atoms with Gasteiger partial charge >= 0.3 is 0 Å². The van der Waals surface area contributed by atoms with E-state index < -0.39 is 0 Å². The van der Waals surface area contributed by atoms with Gasteiger partial charge in [-0.2, -0.15) is 5.10 Å². The second-order valence-electron chi connectivity index (χ2n) is 3.71. The Kier molecular flexibility index (Phi) is 2.19. The predicted molar refractivity (Wildman–Crippen MR) is 56.8 cm³/mol. The van der Waals surface area contributed by atoms with E-state index in [2.05, 4.69) is 23.9 Å². The summed E-state index contributed by atoms with van der Waals surface area (Å²) in [6, 6.07) is 1.94. The van der Waals surface area contributed by atoms with Crippen LogP contribution in [0.3, 0.4) is 0 Å². The number of aryl methyl sites for hydroxylation is 1. The number of rotatable bonds is 1. The number of hydrogen-bond donors (Lipinski definition) is 0. The highest BCUT2D eigenvalue weighted by Crippen LogP contribution is 2.21. The molecule has 0 bridgehead atoms. The molecule has 0 atom stereocenters. The molecule has 0 unspecified atom stereocenters. The van der Waals surface area contributed by atoms with Gasteiger partial charge in [-0.25, -0.2) is 9.50 Å². The molecule has 0 saturated carbocycles. The van der Waals surface area contributed by atoms with E-state index >= 15 is 0 Å². The van der Waals surface area contributed by atoms with Gasteiger partial charge < -0.3 is 0 Å². The standard InChI is InChI=1S/C10H12ClN3/c1-6(2)9-12-10-8(11)7(3)4-5-14(10)13-9/h4-6H,1-3H3. The molecule has 4 heteroatoms. The van der Waals surface area contributed by atoms with Crippen LogP contribution >= 0.6 is 11.6 Å². The monoisotopic (exact) mass is 209 g/mol. The maximum absolute atomic E-state index is 6.12. The minimum absolute atomic E-state index is 0.325. The van der Waals surface area contributed by atoms with Gasteiger partial charge in [0.05, 0.1) is 5.02 Å². The first-order valence-electron chi connectivity index (χ1n) is 4.61. The lowest BCUT2D eigenvalue weighted by Gasteiger charge is -1.96. The number of aromatic nitrogens is 3. The molecule has 0 N–H and O–H groups in total. The maximum Gasteiger partial charge on any atom is 0.174 e. The van der Waals surface area contributed by atoms with Crippen molar-refractivity contribution in [3.05, 3.63) is 28.7 Å². The third-order valence-electron chi connectivity index (χ3n) is 2.17. The van der Waals surface area contributed by atoms with Gasteiger partial charge in [-0.15, -0.1) is 0 Å². The van der Waals surface area contributed by atoms with Crippen molar-refractivity contribution in [3.8, 4) is 0 Å². The summed E-state index contributed by atoms with van der Waals surface area (Å²) in [6.07, 6.45) is 1.88. The second-order valence-corrected chi connectivity index (χ2v) is 4.08. The van der Waals surface area contributed by atoms with Crippen molar-refractivity contribution in [2.45, 2.75) is 26.7 Å². The average Bonchev–Trinajstić information content (AvgIpc) is 2.56. The van der Waals surface area contributed by atoms with E-state index in [0.717, 1.165) is 17.0 Å². The lowest BCUT2D eigenvalue weighted by atomic mass is 10.2. The quantitative estimate of drug-likeness (QED) is 0.723. The maximum atomic E-state index is 6.12. The second kappa shape index (κ2) is 3.24. The van der Waals surface area contributed by atoms with E-state index in [9.17, 15) is 0 Å². The highest BCUT2D eigenvalue weighted by atomic mass is 35.5. The van der Waals surface area contributed by atoms with Gasteiger partial charge in [-0.05, 0) is 18.6 Å². The molecular formula is C10H12ClN3. The Labute approximate surface area is 87.7 Å². The topological polar surface area (TPSA) is 30.2 Å². The van der Waals surface area contributed by atoms with Crippen molar-refractivity contribution in [2.24, 2.45) is 0 Å². The van der Waals surface area contributed by atoms with Crippen molar-refractivity contribution in [1.82, 2.24) is 14.6 Å². The Hall–Kier alpha value is -1.09. The minimum atomic E-state index is 0.325. The molecule has 2 aromatic rings. The smallest absolute Gasteiger partial charge is 0.174 e. The molecule has 3 nitrogen and oxygen atoms in total. The number of nitrogens with zero attached hydrogens (tertiary/aromatic N) is 3. The van der Waals surface area contributed by atoms with Crippen molar-refractivity contribution < 1.29 is 0 Å². The minimum Gasteiger partial charge on any atom is -0.219 e. The van der Waals surface area contributed by atoms with Gasteiger partial charge in [0.1, 0.15) is 0 Å². The highest BCUT2D eigenvalue weighted by Gasteiger charge is 2.10. The fourth-order valence-corrected chi connectivity index (χ4v) is 1.46. The zero-order chi connectivity index (χ0) is 10.3. The lowest BCUT2D eigenvalue weighted by molar-refractivity contribution is 0.765. The molecule has 0 aliphatic rings. The van der Waals surface area contributed by atoms with Crippen LogP contribution in [0, 0.1) is 6.92 Å². The van der Waals surface area contributed by atoms with Gasteiger partial charge in [-0.1, -0.05) is 25.4 Å². The summed E-state index contributed by atoms with van der Waals surface area (Å²) in [5, 5.41) is 5.02. The van der Waals surface area contributed by atoms with E-state index in [-0.39, 0.29) is 0 Å². The zero-order valence-corrected chi connectivity index (χ0v) is 9.21. The summed E-state index contributed by atoms with van der Waals surface area (Å²) in [5.74, 6) is 1.16. The average molecular weight is 210 g/mol. The van der Waals surface area contributed by atoms with Crippen LogP contribution in [0.1, 0.15) is 31.2 Å². The third-order valence-corrected chi connectivity index (χ3v) is 2.64. The molecule has 0 aliphatic heterocycles. The van der Waals surface area contributed by atoms with Crippen LogP contribution in [-0.2, 0) is 0 Å². The van der Waals surface area contributed by atoms with Crippen LogP contribution < -0.4 is 0 Å². The third kappa shape index (κ3) is 1.38. The van der Waals surface area contributed by atoms with Gasteiger partial charge in [0.25, 0.3) is 0 Å². The zero-order valence-electron chi connectivity index (χ0n) is 8.45. The molecule has 74 valence electrons. The molecule has 0 saturated heterocycles. The first kappa shape index (κ1) is 9.46. The Balaban J connectivity index is 2.71. The normalized spacial score (nSPS) is 11.5. The molecule has 2 rings (SSSR count). The summed E-state index contributed by atoms with van der Waals surface area (Å²) in [5.41, 5.74) is 1.78. The summed E-state index contributed by atoms with van der Waals surface area (Å²) in [4.78, 5) is 4.39. The van der Waals surface area contributed by atoms with Gasteiger partial charge in [0.15, 0.2) is 11.5 Å². The Morgan fingerprint density at radius 1 is 1.43 bits per heavy atom. The molecule has 0 aliphatic carbocycles. The van der Waals surface area contributed by atoms with Crippen molar-refractivity contribution in [1.29, 1.82) is 0 Å². The van der Waals surface area contributed by atoms with Crippen LogP contribution in [-0.4, -0.2) is 14.6 Å². The van der Waals surface area contributed by atoms with Gasteiger partial charge in [-0.3, -0.25) is 0 Å². The van der Waals surface area contributed by atoms with E-state index in [4.69, 9.17) is 11.6 Å². The van der Waals surface area contributed by atoms with E-state index in [0.29, 0.717) is 10.9 Å². The van der Waals surface area contributed by atoms with Crippen molar-refractivity contribution in [3.63, 3.8) is 0 Å². The molecule has 0 spiro atoms. The fraction of sp³-hybridized carbons (Fsp3) is 0.400. The van der Waals surface area contributed by atoms with Crippen LogP contribution in [0.2, 0.25) is 5.02 Å². The van der Waals surface area contributed by atoms with E-state index in [1.54, 1.807) is 4.52 Å². The Bertz CT molecular complexity index is 473. The predicted octanol–water partition coefficient (Wildman–Crippen LogP) is 2.81. The van der Waals surface area contributed by atoms with Crippen LogP contribution in [0.5, 0.6) is 0 Å². The molecule has 2 aromatic heterocycles. The molecule has 0 aromatic carbocycles. The summed E-state index contributed by atoms with van der Waals surface area (Å²) in [7, 11) is 0. The molecular weight excluding hydrogens is 198 g/mol. The largest absolute Gasteiger partial charge is 0.219 e. The van der Waals surface area contributed by atoms with Gasteiger partial charge in [0.2, 0.25) is 0 Å². The number of pyridine rings is 1. The molecule has 14 heavy (non-hydrogen) atoms. The first-order chi connectivity index (χ1) is 6.59. The molecule has 2 heterocycles. The van der Waals surface area contributed by atoms with Crippen molar-refractivity contribution in [2.75, 3.05) is 0 Å². The van der Waals surface area contributed by atoms with E-state index in [1.165, 1.54) is 0 Å². The first-order valence-corrected chi connectivity index (χ1v) is 4.98. The Morgan fingerprint density at radius 2 is 2.14 bits per heavy atom. The van der Waals surface area contributed by atoms with Crippen LogP contribution in [0.4, 0.5) is 0 Å². The van der Waals surface area contributed by atoms with Gasteiger partial charge in [0, 0.05) is 12.1 Å². The summed E-state index contributed by atoms with van der Waals surface area (Å²) < 4.78 is 1.73. The molecule has 0 radical (unpaired) electrons. The number of hydrogen-bond acceptors (Lipinski definition) is 2. The Morgan fingerprint density at radius 3 is 2.79 bits per heavy atom. The summed E-state index contributed by atoms with van der Waals surface area (Å²) in [6.45, 7) is 6.09. The van der Waals surface area contributed by atoms with E-state index in [1.807, 2.05) is 19.2 Å². The molecule has 0 amide bonds. The molecule has 0 fully saturated rings.